The van der Waals surface area contributed by atoms with Gasteiger partial charge in [-0.15, -0.1) is 0 Å². The van der Waals surface area contributed by atoms with Crippen molar-refractivity contribution in [2.45, 2.75) is 206 Å². The Balaban J connectivity index is 4.78. The molecule has 2 unspecified atom stereocenters. The Bertz CT molecular complexity index is 499. The molecule has 4 nitrogen and oxygen atoms in total. The van der Waals surface area contributed by atoms with Gasteiger partial charge in [-0.2, -0.15) is 0 Å². The predicted octanol–water partition coefficient (Wildman–Crippen LogP) is 12.1. The van der Waals surface area contributed by atoms with Crippen LogP contribution in [0.15, 0.2) is 0 Å². The van der Waals surface area contributed by atoms with E-state index >= 15 is 0 Å². The minimum absolute atomic E-state index is 0.317. The molecule has 40 heavy (non-hydrogen) atoms. The third-order valence-electron chi connectivity index (χ3n) is 8.95. The minimum atomic E-state index is -0.662. The van der Waals surface area contributed by atoms with E-state index in [-0.39, 0.29) is 0 Å². The third-order valence-corrected chi connectivity index (χ3v) is 8.95. The molecule has 0 aromatic heterocycles. The van der Waals surface area contributed by atoms with Crippen molar-refractivity contribution in [1.82, 2.24) is 0 Å². The Kier molecular flexibility index (Phi) is 30.1. The largest absolute Gasteiger partial charge is 0.481 e. The smallest absolute Gasteiger partial charge is 0.303 e. The van der Waals surface area contributed by atoms with Crippen LogP contribution in [0, 0.1) is 11.8 Å². The highest BCUT2D eigenvalue weighted by atomic mass is 16.4. The van der Waals surface area contributed by atoms with E-state index in [4.69, 9.17) is 10.2 Å². The van der Waals surface area contributed by atoms with Crippen LogP contribution in [0.5, 0.6) is 0 Å². The molecule has 0 heterocycles. The van der Waals surface area contributed by atoms with E-state index < -0.39 is 11.9 Å². The normalized spacial score (nSPS) is 12.9. The summed E-state index contributed by atoms with van der Waals surface area (Å²) in [5.41, 5.74) is 0. The average molecular weight is 567 g/mol. The molecule has 0 aromatic carbocycles. The van der Waals surface area contributed by atoms with Gasteiger partial charge in [0.05, 0.1) is 0 Å². The lowest BCUT2D eigenvalue weighted by Gasteiger charge is -2.28. The first-order valence-electron chi connectivity index (χ1n) is 17.9. The number of hydrogen-bond donors (Lipinski definition) is 2. The lowest BCUT2D eigenvalue weighted by molar-refractivity contribution is -0.138. The molecule has 0 aliphatic rings. The molecule has 238 valence electrons. The topological polar surface area (TPSA) is 74.6 Å². The molecule has 0 radical (unpaired) electrons. The average Bonchev–Trinajstić information content (AvgIpc) is 2.92. The maximum absolute atomic E-state index is 10.8. The van der Waals surface area contributed by atoms with E-state index in [0.717, 1.165) is 37.5 Å². The maximum Gasteiger partial charge on any atom is 0.303 e. The van der Waals surface area contributed by atoms with Crippen LogP contribution >= 0.6 is 0 Å². The van der Waals surface area contributed by atoms with E-state index in [1.165, 1.54) is 154 Å². The van der Waals surface area contributed by atoms with Crippen molar-refractivity contribution in [3.8, 4) is 0 Å². The van der Waals surface area contributed by atoms with Gasteiger partial charge in [-0.1, -0.05) is 181 Å². The van der Waals surface area contributed by atoms with Gasteiger partial charge in [0.15, 0.2) is 0 Å². The number of rotatable bonds is 33. The van der Waals surface area contributed by atoms with Gasteiger partial charge in [0.2, 0.25) is 0 Å². The van der Waals surface area contributed by atoms with Gasteiger partial charge in [-0.3, -0.25) is 9.59 Å². The number of unbranched alkanes of at least 4 members (excludes halogenated alkanes) is 20. The van der Waals surface area contributed by atoms with Crippen molar-refractivity contribution in [1.29, 1.82) is 0 Å². The summed E-state index contributed by atoms with van der Waals surface area (Å²) in [5, 5.41) is 17.8. The van der Waals surface area contributed by atoms with Crippen LogP contribution in [0.4, 0.5) is 0 Å². The second-order valence-corrected chi connectivity index (χ2v) is 12.7. The summed E-state index contributed by atoms with van der Waals surface area (Å²) in [6.07, 6.45) is 36.7. The van der Waals surface area contributed by atoms with Gasteiger partial charge < -0.3 is 10.2 Å². The standard InChI is InChI=1S/C36H70O4/c1-3-5-7-9-11-15-21-27-33(29-23-17-13-19-25-31-35(37)38)34(28-22-16-12-10-8-6-4-2)30-24-18-14-20-26-32-36(39)40/h33-34H,3-32H2,1-2H3,(H,37,38)(H,39,40). The number of carbonyl (C=O) groups is 2. The van der Waals surface area contributed by atoms with E-state index in [0.29, 0.717) is 12.8 Å². The molecule has 2 atom stereocenters. The Morgan fingerprint density at radius 1 is 0.375 bits per heavy atom. The summed E-state index contributed by atoms with van der Waals surface area (Å²) in [5.74, 6) is 0.373. The molecule has 0 fully saturated rings. The van der Waals surface area contributed by atoms with Crippen LogP contribution in [0.2, 0.25) is 0 Å². The zero-order valence-electron chi connectivity index (χ0n) is 27.1. The first-order chi connectivity index (χ1) is 19.5. The van der Waals surface area contributed by atoms with Crippen LogP contribution in [-0.4, -0.2) is 22.2 Å². The fourth-order valence-corrected chi connectivity index (χ4v) is 6.38. The lowest BCUT2D eigenvalue weighted by Crippen LogP contribution is -2.16. The molecule has 4 heteroatoms. The summed E-state index contributed by atoms with van der Waals surface area (Å²) >= 11 is 0. The highest BCUT2D eigenvalue weighted by Crippen LogP contribution is 2.33. The molecule has 0 aliphatic heterocycles. The van der Waals surface area contributed by atoms with Crippen molar-refractivity contribution in [3.05, 3.63) is 0 Å². The van der Waals surface area contributed by atoms with Crippen LogP contribution in [-0.2, 0) is 9.59 Å². The first kappa shape index (κ1) is 38.9. The minimum Gasteiger partial charge on any atom is -0.481 e. The van der Waals surface area contributed by atoms with Gasteiger partial charge in [0.1, 0.15) is 0 Å². The summed E-state index contributed by atoms with van der Waals surface area (Å²) in [7, 11) is 0. The first-order valence-corrected chi connectivity index (χ1v) is 17.9. The van der Waals surface area contributed by atoms with Crippen molar-refractivity contribution >= 4 is 11.9 Å². The van der Waals surface area contributed by atoms with Crippen LogP contribution < -0.4 is 0 Å². The van der Waals surface area contributed by atoms with Crippen molar-refractivity contribution in [3.63, 3.8) is 0 Å². The van der Waals surface area contributed by atoms with Gasteiger partial charge in [0, 0.05) is 12.8 Å². The molecule has 0 aromatic rings. The monoisotopic (exact) mass is 567 g/mol. The second-order valence-electron chi connectivity index (χ2n) is 12.7. The van der Waals surface area contributed by atoms with E-state index in [2.05, 4.69) is 13.8 Å². The van der Waals surface area contributed by atoms with Gasteiger partial charge in [0.25, 0.3) is 0 Å². The Hall–Kier alpha value is -1.06. The Labute approximate surface area is 249 Å². The second kappa shape index (κ2) is 30.9. The van der Waals surface area contributed by atoms with Gasteiger partial charge >= 0.3 is 11.9 Å². The zero-order valence-corrected chi connectivity index (χ0v) is 27.1. The SMILES string of the molecule is CCCCCCCCCC(CCCCCCCC(=O)O)C(CCCCCCCCC)CCCCCCCC(=O)O. The van der Waals surface area contributed by atoms with Crippen LogP contribution in [0.25, 0.3) is 0 Å². The zero-order chi connectivity index (χ0) is 29.5. The van der Waals surface area contributed by atoms with Crippen molar-refractivity contribution in [2.75, 3.05) is 0 Å². The third kappa shape index (κ3) is 28.5. The van der Waals surface area contributed by atoms with E-state index in [1.807, 2.05) is 0 Å². The molecule has 0 rings (SSSR count). The van der Waals surface area contributed by atoms with Crippen LogP contribution in [0.3, 0.4) is 0 Å². The number of hydrogen-bond acceptors (Lipinski definition) is 2. The van der Waals surface area contributed by atoms with Gasteiger partial charge in [-0.25, -0.2) is 0 Å². The van der Waals surface area contributed by atoms with Crippen LogP contribution in [0.1, 0.15) is 206 Å². The quantitative estimate of drug-likeness (QED) is 0.0775. The molecule has 0 saturated heterocycles. The molecular weight excluding hydrogens is 496 g/mol. The summed E-state index contributed by atoms with van der Waals surface area (Å²) in [6.45, 7) is 4.58. The fourth-order valence-electron chi connectivity index (χ4n) is 6.38. The lowest BCUT2D eigenvalue weighted by atomic mass is 9.78. The summed E-state index contributed by atoms with van der Waals surface area (Å²) < 4.78 is 0. The van der Waals surface area contributed by atoms with Gasteiger partial charge in [-0.05, 0) is 24.7 Å². The molecular formula is C36H70O4. The van der Waals surface area contributed by atoms with Crippen molar-refractivity contribution in [2.24, 2.45) is 11.8 Å². The Morgan fingerprint density at radius 3 is 0.850 bits per heavy atom. The predicted molar refractivity (Wildman–Crippen MR) is 172 cm³/mol. The highest BCUT2D eigenvalue weighted by Gasteiger charge is 2.20. The molecule has 0 amide bonds. The molecule has 0 saturated carbocycles. The maximum atomic E-state index is 10.8. The van der Waals surface area contributed by atoms with E-state index in [9.17, 15) is 9.59 Å². The Morgan fingerprint density at radius 2 is 0.600 bits per heavy atom. The molecule has 2 N–H and O–H groups in total. The summed E-state index contributed by atoms with van der Waals surface area (Å²) in [6, 6.07) is 0. The van der Waals surface area contributed by atoms with Crippen molar-refractivity contribution < 1.29 is 19.8 Å². The number of carboxylic acids is 2. The molecule has 0 bridgehead atoms. The summed E-state index contributed by atoms with van der Waals surface area (Å²) in [4.78, 5) is 21.6. The number of aliphatic carboxylic acids is 2. The molecule has 0 aliphatic carbocycles. The molecule has 0 spiro atoms. The number of carboxylic acid groups (broad SMARTS) is 2. The van der Waals surface area contributed by atoms with E-state index in [1.54, 1.807) is 0 Å². The fraction of sp³-hybridized carbons (Fsp3) is 0.944. The highest BCUT2D eigenvalue weighted by molar-refractivity contribution is 5.66.